The summed E-state index contributed by atoms with van der Waals surface area (Å²) in [7, 11) is 0.343. The molecule has 1 N–H and O–H groups in total. The fourth-order valence-corrected chi connectivity index (χ4v) is 3.70. The molecule has 10 heteroatoms. The van der Waals surface area contributed by atoms with Crippen LogP contribution in [0.3, 0.4) is 0 Å². The maximum Gasteiger partial charge on any atom is 0.257 e. The van der Waals surface area contributed by atoms with Gasteiger partial charge in [0.2, 0.25) is 10.0 Å². The zero-order chi connectivity index (χ0) is 18.8. The number of rotatable bonds is 6. The first-order valence-corrected chi connectivity index (χ1v) is 9.37. The maximum absolute atomic E-state index is 12.4. The van der Waals surface area contributed by atoms with Crippen LogP contribution in [0.15, 0.2) is 28.5 Å². The number of amides is 1. The first-order chi connectivity index (χ1) is 11.7. The minimum absolute atomic E-state index is 0.115. The number of Topliss-reactive ketones (excluding diaryl/α,β-unsaturated/α-hetero) is 1. The minimum atomic E-state index is -3.78. The molecule has 1 aromatic carbocycles. The number of aromatic nitrogens is 1. The Balaban J connectivity index is 2.35. The second kappa shape index (κ2) is 7.30. The van der Waals surface area contributed by atoms with E-state index in [0.717, 1.165) is 15.6 Å². The molecule has 25 heavy (non-hydrogen) atoms. The van der Waals surface area contributed by atoms with Crippen LogP contribution in [-0.2, 0) is 10.0 Å². The number of thiazole rings is 1. The van der Waals surface area contributed by atoms with E-state index in [2.05, 4.69) is 10.3 Å². The van der Waals surface area contributed by atoms with Gasteiger partial charge in [-0.1, -0.05) is 0 Å². The van der Waals surface area contributed by atoms with Crippen LogP contribution in [0.4, 0.5) is 5.13 Å². The van der Waals surface area contributed by atoms with Gasteiger partial charge in [-0.2, -0.15) is 0 Å². The molecule has 0 spiro atoms. The highest BCUT2D eigenvalue weighted by Gasteiger charge is 2.24. The highest BCUT2D eigenvalue weighted by atomic mass is 32.2. The summed E-state index contributed by atoms with van der Waals surface area (Å²) in [6.07, 6.45) is 0. The average molecular weight is 383 g/mol. The Morgan fingerprint density at radius 3 is 2.48 bits per heavy atom. The third kappa shape index (κ3) is 4.03. The number of methoxy groups -OCH3 is 1. The predicted octanol–water partition coefficient (Wildman–Crippen LogP) is 1.86. The number of nitrogens with one attached hydrogen (secondary N) is 1. The second-order valence-electron chi connectivity index (χ2n) is 5.20. The van der Waals surface area contributed by atoms with E-state index in [4.69, 9.17) is 4.74 Å². The molecule has 0 aliphatic carbocycles. The van der Waals surface area contributed by atoms with Crippen LogP contribution in [0.5, 0.6) is 5.75 Å². The van der Waals surface area contributed by atoms with Crippen LogP contribution < -0.4 is 10.1 Å². The number of ether oxygens (including phenoxy) is 1. The van der Waals surface area contributed by atoms with Crippen molar-refractivity contribution >= 4 is 38.2 Å². The van der Waals surface area contributed by atoms with E-state index < -0.39 is 15.9 Å². The third-order valence-electron chi connectivity index (χ3n) is 3.27. The molecule has 0 fully saturated rings. The average Bonchev–Trinajstić information content (AvgIpc) is 3.02. The normalized spacial score (nSPS) is 11.4. The van der Waals surface area contributed by atoms with Gasteiger partial charge in [-0.25, -0.2) is 17.7 Å². The summed E-state index contributed by atoms with van der Waals surface area (Å²) in [4.78, 5) is 27.5. The summed E-state index contributed by atoms with van der Waals surface area (Å²) in [5.74, 6) is -0.610. The molecule has 0 radical (unpaired) electrons. The van der Waals surface area contributed by atoms with Gasteiger partial charge in [0.1, 0.15) is 16.3 Å². The van der Waals surface area contributed by atoms with Crippen molar-refractivity contribution in [2.24, 2.45) is 0 Å². The van der Waals surface area contributed by atoms with Gasteiger partial charge in [0.05, 0.1) is 7.11 Å². The van der Waals surface area contributed by atoms with Crippen molar-refractivity contribution in [3.63, 3.8) is 0 Å². The van der Waals surface area contributed by atoms with E-state index in [9.17, 15) is 18.0 Å². The van der Waals surface area contributed by atoms with E-state index in [-0.39, 0.29) is 32.8 Å². The molecule has 0 aliphatic rings. The smallest absolute Gasteiger partial charge is 0.257 e. The zero-order valence-electron chi connectivity index (χ0n) is 14.1. The highest BCUT2D eigenvalue weighted by molar-refractivity contribution is 7.89. The number of carbonyl (C=O) groups excluding carboxylic acids is 2. The van der Waals surface area contributed by atoms with E-state index in [1.807, 2.05) is 0 Å². The van der Waals surface area contributed by atoms with Crippen LogP contribution in [0.2, 0.25) is 0 Å². The SMILES string of the molecule is COc1ccc(C(=O)Nc2nc(C(C)=O)cs2)cc1S(=O)(=O)N(C)C. The Labute approximate surface area is 149 Å². The van der Waals surface area contributed by atoms with Crippen molar-refractivity contribution in [2.75, 3.05) is 26.5 Å². The molecule has 1 amide bonds. The van der Waals surface area contributed by atoms with Crippen molar-refractivity contribution in [2.45, 2.75) is 11.8 Å². The standard InChI is InChI=1S/C15H17N3O5S2/c1-9(19)11-8-24-15(16-11)17-14(20)10-5-6-12(23-4)13(7-10)25(21,22)18(2)3/h5-8H,1-4H3,(H,16,17,20). The van der Waals surface area contributed by atoms with E-state index in [1.165, 1.54) is 51.7 Å². The van der Waals surface area contributed by atoms with Crippen LogP contribution in [0, 0.1) is 0 Å². The largest absolute Gasteiger partial charge is 0.495 e. The van der Waals surface area contributed by atoms with Crippen LogP contribution in [0.1, 0.15) is 27.8 Å². The number of carbonyl (C=O) groups is 2. The molecule has 8 nitrogen and oxygen atoms in total. The summed E-state index contributed by atoms with van der Waals surface area (Å²) in [6.45, 7) is 1.38. The van der Waals surface area contributed by atoms with Crippen molar-refractivity contribution in [1.29, 1.82) is 0 Å². The van der Waals surface area contributed by atoms with Crippen molar-refractivity contribution < 1.29 is 22.7 Å². The molecule has 0 saturated carbocycles. The summed E-state index contributed by atoms with van der Waals surface area (Å²) in [5.41, 5.74) is 0.381. The lowest BCUT2D eigenvalue weighted by atomic mass is 10.2. The molecule has 1 aromatic heterocycles. The van der Waals surface area contributed by atoms with Gasteiger partial charge in [-0.15, -0.1) is 11.3 Å². The predicted molar refractivity (Wildman–Crippen MR) is 93.9 cm³/mol. The number of hydrogen-bond donors (Lipinski definition) is 1. The number of sulfonamides is 1. The zero-order valence-corrected chi connectivity index (χ0v) is 15.7. The fraction of sp³-hybridized carbons (Fsp3) is 0.267. The molecule has 0 saturated heterocycles. The molecular formula is C15H17N3O5S2. The Kier molecular flexibility index (Phi) is 5.55. The van der Waals surface area contributed by atoms with Gasteiger partial charge in [0.15, 0.2) is 10.9 Å². The lowest BCUT2D eigenvalue weighted by Crippen LogP contribution is -2.23. The molecule has 134 valence electrons. The van der Waals surface area contributed by atoms with Gasteiger partial charge < -0.3 is 4.74 Å². The lowest BCUT2D eigenvalue weighted by molar-refractivity contribution is 0.100. The Morgan fingerprint density at radius 1 is 1.28 bits per heavy atom. The van der Waals surface area contributed by atoms with Crippen molar-refractivity contribution in [1.82, 2.24) is 9.29 Å². The highest BCUT2D eigenvalue weighted by Crippen LogP contribution is 2.27. The molecule has 0 unspecified atom stereocenters. The summed E-state index contributed by atoms with van der Waals surface area (Å²) in [6, 6.07) is 4.10. The van der Waals surface area contributed by atoms with Crippen LogP contribution in [-0.4, -0.2) is 50.6 Å². The molecule has 2 rings (SSSR count). The first-order valence-electron chi connectivity index (χ1n) is 7.05. The fourth-order valence-electron chi connectivity index (χ4n) is 1.88. The van der Waals surface area contributed by atoms with Gasteiger partial charge >= 0.3 is 0 Å². The molecule has 0 bridgehead atoms. The minimum Gasteiger partial charge on any atom is -0.495 e. The van der Waals surface area contributed by atoms with Crippen molar-refractivity contribution in [3.8, 4) is 5.75 Å². The maximum atomic E-state index is 12.4. The van der Waals surface area contributed by atoms with E-state index in [0.29, 0.717) is 0 Å². The van der Waals surface area contributed by atoms with Crippen LogP contribution in [0.25, 0.3) is 0 Å². The number of hydrogen-bond acceptors (Lipinski definition) is 7. The quantitative estimate of drug-likeness (QED) is 0.763. The van der Waals surface area contributed by atoms with Crippen molar-refractivity contribution in [3.05, 3.63) is 34.8 Å². The molecule has 0 atom stereocenters. The van der Waals surface area contributed by atoms with Gasteiger partial charge in [-0.05, 0) is 18.2 Å². The summed E-state index contributed by atoms with van der Waals surface area (Å²) >= 11 is 1.11. The van der Waals surface area contributed by atoms with Gasteiger partial charge in [0, 0.05) is 32.0 Å². The molecule has 1 heterocycles. The molecular weight excluding hydrogens is 366 g/mol. The Bertz CT molecular complexity index is 919. The summed E-state index contributed by atoms with van der Waals surface area (Å²) in [5, 5.41) is 4.33. The van der Waals surface area contributed by atoms with E-state index >= 15 is 0 Å². The Morgan fingerprint density at radius 2 is 1.96 bits per heavy atom. The van der Waals surface area contributed by atoms with Crippen LogP contribution >= 0.6 is 11.3 Å². The number of nitrogens with zero attached hydrogens (tertiary/aromatic N) is 2. The van der Waals surface area contributed by atoms with Gasteiger partial charge in [0.25, 0.3) is 5.91 Å². The third-order valence-corrected chi connectivity index (χ3v) is 5.86. The number of ketones is 1. The number of anilines is 1. The van der Waals surface area contributed by atoms with Gasteiger partial charge in [-0.3, -0.25) is 14.9 Å². The van der Waals surface area contributed by atoms with E-state index in [1.54, 1.807) is 0 Å². The molecule has 0 aliphatic heterocycles. The second-order valence-corrected chi connectivity index (χ2v) is 8.18. The Hall–Kier alpha value is -2.30. The molecule has 2 aromatic rings. The topological polar surface area (TPSA) is 106 Å². The monoisotopic (exact) mass is 383 g/mol. The number of benzene rings is 1. The lowest BCUT2D eigenvalue weighted by Gasteiger charge is -2.15. The summed E-state index contributed by atoms with van der Waals surface area (Å²) < 4.78 is 30.9. The first kappa shape index (κ1) is 19.0.